The molecule has 0 radical (unpaired) electrons. The van der Waals surface area contributed by atoms with Crippen LogP contribution < -0.4 is 5.73 Å². The van der Waals surface area contributed by atoms with E-state index in [-0.39, 0.29) is 5.91 Å². The number of aryl methyl sites for hydroxylation is 3. The van der Waals surface area contributed by atoms with E-state index in [0.29, 0.717) is 30.2 Å². The second-order valence-electron chi connectivity index (χ2n) is 5.31. The second kappa shape index (κ2) is 5.99. The van der Waals surface area contributed by atoms with Gasteiger partial charge in [0.25, 0.3) is 5.91 Å². The summed E-state index contributed by atoms with van der Waals surface area (Å²) in [4.78, 5) is 14.3. The fraction of sp³-hybridized carbons (Fsp3) is 0.375. The van der Waals surface area contributed by atoms with Crippen molar-refractivity contribution in [1.82, 2.24) is 14.7 Å². The van der Waals surface area contributed by atoms with Crippen molar-refractivity contribution in [2.75, 3.05) is 12.8 Å². The average Bonchev–Trinajstić information content (AvgIpc) is 2.73. The number of hydrogen-bond donors (Lipinski definition) is 1. The van der Waals surface area contributed by atoms with Gasteiger partial charge in [0.1, 0.15) is 5.69 Å². The maximum absolute atomic E-state index is 12.6. The third-order valence-electron chi connectivity index (χ3n) is 3.52. The number of nitrogen functional groups attached to an aromatic ring is 1. The Morgan fingerprint density at radius 3 is 2.71 bits per heavy atom. The Morgan fingerprint density at radius 1 is 1.38 bits per heavy atom. The Hall–Kier alpha value is -2.30. The van der Waals surface area contributed by atoms with Gasteiger partial charge in [-0.15, -0.1) is 0 Å². The lowest BCUT2D eigenvalue weighted by molar-refractivity contribution is 0.0774. The summed E-state index contributed by atoms with van der Waals surface area (Å²) in [7, 11) is 1.78. The quantitative estimate of drug-likeness (QED) is 0.938. The van der Waals surface area contributed by atoms with Gasteiger partial charge in [0.05, 0.1) is 11.4 Å². The van der Waals surface area contributed by atoms with Crippen molar-refractivity contribution in [2.45, 2.75) is 33.9 Å². The van der Waals surface area contributed by atoms with E-state index in [4.69, 9.17) is 5.73 Å². The first-order valence-corrected chi connectivity index (χ1v) is 7.08. The largest absolute Gasteiger partial charge is 0.395 e. The molecule has 0 spiro atoms. The van der Waals surface area contributed by atoms with Crippen LogP contribution in [0.3, 0.4) is 0 Å². The molecule has 0 saturated carbocycles. The van der Waals surface area contributed by atoms with Gasteiger partial charge in [-0.25, -0.2) is 0 Å². The summed E-state index contributed by atoms with van der Waals surface area (Å²) in [5, 5.41) is 4.30. The van der Waals surface area contributed by atoms with Crippen molar-refractivity contribution in [2.24, 2.45) is 0 Å². The molecule has 0 aliphatic carbocycles. The number of carbonyl (C=O) groups is 1. The molecule has 0 unspecified atom stereocenters. The molecule has 0 saturated heterocycles. The number of carbonyl (C=O) groups excluding carboxylic acids is 1. The van der Waals surface area contributed by atoms with Crippen LogP contribution in [-0.2, 0) is 13.1 Å². The van der Waals surface area contributed by atoms with Crippen molar-refractivity contribution < 1.29 is 4.79 Å². The summed E-state index contributed by atoms with van der Waals surface area (Å²) in [6, 6.07) is 8.13. The molecule has 0 aliphatic rings. The number of nitrogens with two attached hydrogens (primary N) is 1. The van der Waals surface area contributed by atoms with Crippen LogP contribution in [0.4, 0.5) is 5.69 Å². The summed E-state index contributed by atoms with van der Waals surface area (Å²) in [6.07, 6.45) is 0. The monoisotopic (exact) mass is 286 g/mol. The van der Waals surface area contributed by atoms with Gasteiger partial charge < -0.3 is 10.6 Å². The van der Waals surface area contributed by atoms with E-state index < -0.39 is 0 Å². The van der Waals surface area contributed by atoms with Crippen molar-refractivity contribution in [3.05, 3.63) is 46.8 Å². The first kappa shape index (κ1) is 15.1. The molecule has 5 heteroatoms. The number of anilines is 1. The zero-order valence-electron chi connectivity index (χ0n) is 13.1. The first-order valence-electron chi connectivity index (χ1n) is 7.08. The number of benzene rings is 1. The predicted molar refractivity (Wildman–Crippen MR) is 84.0 cm³/mol. The molecule has 0 fully saturated rings. The molecule has 2 N–H and O–H groups in total. The molecule has 21 heavy (non-hydrogen) atoms. The fourth-order valence-corrected chi connectivity index (χ4v) is 2.39. The van der Waals surface area contributed by atoms with E-state index in [1.54, 1.807) is 16.6 Å². The van der Waals surface area contributed by atoms with E-state index >= 15 is 0 Å². The standard InChI is InChI=1S/C16H22N4O/c1-5-20-15(14(17)12(3)18-20)16(21)19(4)10-13-8-6-7-11(2)9-13/h6-9H,5,10,17H2,1-4H3. The summed E-state index contributed by atoms with van der Waals surface area (Å²) >= 11 is 0. The smallest absolute Gasteiger partial charge is 0.274 e. The molecule has 0 bridgehead atoms. The molecule has 1 aromatic carbocycles. The van der Waals surface area contributed by atoms with Crippen molar-refractivity contribution in [3.63, 3.8) is 0 Å². The lowest BCUT2D eigenvalue weighted by Gasteiger charge is -2.18. The van der Waals surface area contributed by atoms with Gasteiger partial charge in [0.2, 0.25) is 0 Å². The third kappa shape index (κ3) is 3.07. The van der Waals surface area contributed by atoms with Crippen LogP contribution in [0.1, 0.15) is 34.2 Å². The van der Waals surface area contributed by atoms with Crippen molar-refractivity contribution in [3.8, 4) is 0 Å². The first-order chi connectivity index (χ1) is 9.93. The highest BCUT2D eigenvalue weighted by atomic mass is 16.2. The van der Waals surface area contributed by atoms with Crippen LogP contribution in [0.5, 0.6) is 0 Å². The highest BCUT2D eigenvalue weighted by Gasteiger charge is 2.22. The summed E-state index contributed by atoms with van der Waals surface area (Å²) in [6.45, 7) is 6.98. The van der Waals surface area contributed by atoms with Gasteiger partial charge >= 0.3 is 0 Å². The Kier molecular flexibility index (Phi) is 4.31. The Bertz CT molecular complexity index is 660. The minimum absolute atomic E-state index is 0.101. The highest BCUT2D eigenvalue weighted by Crippen LogP contribution is 2.19. The van der Waals surface area contributed by atoms with Gasteiger partial charge in [-0.2, -0.15) is 5.10 Å². The number of rotatable bonds is 4. The van der Waals surface area contributed by atoms with Gasteiger partial charge in [-0.1, -0.05) is 29.8 Å². The summed E-state index contributed by atoms with van der Waals surface area (Å²) in [5.41, 5.74) is 9.93. The summed E-state index contributed by atoms with van der Waals surface area (Å²) < 4.78 is 1.67. The normalized spacial score (nSPS) is 10.7. The van der Waals surface area contributed by atoms with E-state index in [0.717, 1.165) is 5.56 Å². The molecule has 5 nitrogen and oxygen atoms in total. The van der Waals surface area contributed by atoms with Gasteiger partial charge in [-0.3, -0.25) is 9.48 Å². The summed E-state index contributed by atoms with van der Waals surface area (Å²) in [5.74, 6) is -0.101. The fourth-order valence-electron chi connectivity index (χ4n) is 2.39. The Morgan fingerprint density at radius 2 is 2.10 bits per heavy atom. The van der Waals surface area contributed by atoms with E-state index in [1.807, 2.05) is 39.0 Å². The Labute approximate surface area is 125 Å². The SMILES string of the molecule is CCn1nc(C)c(N)c1C(=O)N(C)Cc1cccc(C)c1. The molecule has 2 rings (SSSR count). The lowest BCUT2D eigenvalue weighted by atomic mass is 10.1. The predicted octanol–water partition coefficient (Wildman–Crippen LogP) is 2.37. The maximum Gasteiger partial charge on any atom is 0.274 e. The van der Waals surface area contributed by atoms with Gasteiger partial charge in [0.15, 0.2) is 0 Å². The zero-order valence-corrected chi connectivity index (χ0v) is 13.1. The van der Waals surface area contributed by atoms with Gasteiger partial charge in [0, 0.05) is 20.1 Å². The molecule has 0 aliphatic heterocycles. The van der Waals surface area contributed by atoms with E-state index in [9.17, 15) is 4.79 Å². The molecule has 1 heterocycles. The Balaban J connectivity index is 2.24. The zero-order chi connectivity index (χ0) is 15.6. The minimum Gasteiger partial charge on any atom is -0.395 e. The van der Waals surface area contributed by atoms with Crippen molar-refractivity contribution >= 4 is 11.6 Å². The van der Waals surface area contributed by atoms with E-state index in [2.05, 4.69) is 11.2 Å². The molecule has 112 valence electrons. The molecule has 1 aromatic heterocycles. The van der Waals surface area contributed by atoms with Crippen LogP contribution in [0.2, 0.25) is 0 Å². The topological polar surface area (TPSA) is 64.2 Å². The lowest BCUT2D eigenvalue weighted by Crippen LogP contribution is -2.29. The van der Waals surface area contributed by atoms with Crippen molar-refractivity contribution in [1.29, 1.82) is 0 Å². The second-order valence-corrected chi connectivity index (χ2v) is 5.31. The third-order valence-corrected chi connectivity index (χ3v) is 3.52. The molecular formula is C16H22N4O. The minimum atomic E-state index is -0.101. The average molecular weight is 286 g/mol. The molecule has 2 aromatic rings. The van der Waals surface area contributed by atoms with Crippen LogP contribution >= 0.6 is 0 Å². The van der Waals surface area contributed by atoms with Crippen LogP contribution in [-0.4, -0.2) is 27.6 Å². The van der Waals surface area contributed by atoms with E-state index in [1.165, 1.54) is 5.56 Å². The number of aromatic nitrogens is 2. The van der Waals surface area contributed by atoms with Crippen LogP contribution in [0.15, 0.2) is 24.3 Å². The molecule has 0 atom stereocenters. The number of amides is 1. The number of nitrogens with zero attached hydrogens (tertiary/aromatic N) is 3. The molecular weight excluding hydrogens is 264 g/mol. The number of hydrogen-bond acceptors (Lipinski definition) is 3. The maximum atomic E-state index is 12.6. The van der Waals surface area contributed by atoms with Crippen LogP contribution in [0.25, 0.3) is 0 Å². The van der Waals surface area contributed by atoms with Gasteiger partial charge in [-0.05, 0) is 26.3 Å². The highest BCUT2D eigenvalue weighted by molar-refractivity contribution is 5.97. The van der Waals surface area contributed by atoms with Crippen LogP contribution in [0, 0.1) is 13.8 Å². The molecule has 1 amide bonds.